The summed E-state index contributed by atoms with van der Waals surface area (Å²) in [6, 6.07) is 14.1. The Kier molecular flexibility index (Phi) is 9.71. The average Bonchev–Trinajstić information content (AvgIpc) is 2.91. The van der Waals surface area contributed by atoms with E-state index in [0.717, 1.165) is 27.0 Å². The Bertz CT molecular complexity index is 1350. The molecule has 1 atom stereocenters. The summed E-state index contributed by atoms with van der Waals surface area (Å²) in [6.45, 7) is 10.8. The monoisotopic (exact) mass is 532 g/mol. The van der Waals surface area contributed by atoms with E-state index in [1.165, 1.54) is 36.5 Å². The molecule has 7 heteroatoms. The second-order valence-electron chi connectivity index (χ2n) is 9.40. The second-order valence-corrected chi connectivity index (χ2v) is 10.4. The number of carbonyl (C=O) groups is 2. The second kappa shape index (κ2) is 12.7. The molecule has 0 aliphatic rings. The van der Waals surface area contributed by atoms with Gasteiger partial charge in [0, 0.05) is 27.4 Å². The van der Waals surface area contributed by atoms with Crippen LogP contribution in [0.4, 0.5) is 11.4 Å². The van der Waals surface area contributed by atoms with Crippen LogP contribution >= 0.6 is 11.9 Å². The van der Waals surface area contributed by atoms with Crippen molar-refractivity contribution in [3.8, 4) is 12.3 Å². The van der Waals surface area contributed by atoms with Crippen molar-refractivity contribution in [3.63, 3.8) is 0 Å². The number of hydrogen-bond acceptors (Lipinski definition) is 7. The molecule has 0 aliphatic heterocycles. The number of ether oxygens (including phenoxy) is 2. The minimum Gasteiger partial charge on any atom is -0.469 e. The van der Waals surface area contributed by atoms with Crippen molar-refractivity contribution < 1.29 is 19.1 Å². The first-order valence-electron chi connectivity index (χ1n) is 12.5. The van der Waals surface area contributed by atoms with E-state index in [2.05, 4.69) is 39.7 Å². The highest BCUT2D eigenvalue weighted by molar-refractivity contribution is 8.00. The van der Waals surface area contributed by atoms with E-state index < -0.39 is 0 Å². The molecule has 3 rings (SSSR count). The van der Waals surface area contributed by atoms with Crippen LogP contribution in [-0.2, 0) is 19.1 Å². The maximum absolute atomic E-state index is 12.6. The van der Waals surface area contributed by atoms with Crippen LogP contribution in [0.5, 0.6) is 0 Å². The van der Waals surface area contributed by atoms with Gasteiger partial charge in [0.15, 0.2) is 0 Å². The molecule has 38 heavy (non-hydrogen) atoms. The highest BCUT2D eigenvalue weighted by Crippen LogP contribution is 2.41. The zero-order valence-electron chi connectivity index (χ0n) is 23.3. The highest BCUT2D eigenvalue weighted by atomic mass is 32.2. The summed E-state index contributed by atoms with van der Waals surface area (Å²) < 4.78 is 12.0. The molecule has 0 bridgehead atoms. The lowest BCUT2D eigenvalue weighted by Crippen LogP contribution is -2.35. The zero-order valence-corrected chi connectivity index (χ0v) is 24.1. The van der Waals surface area contributed by atoms with Gasteiger partial charge in [-0.1, -0.05) is 36.3 Å². The first-order valence-corrected chi connectivity index (χ1v) is 13.3. The van der Waals surface area contributed by atoms with Crippen LogP contribution < -0.4 is 9.21 Å². The average molecular weight is 533 g/mol. The van der Waals surface area contributed by atoms with E-state index >= 15 is 0 Å². The van der Waals surface area contributed by atoms with E-state index in [4.69, 9.17) is 15.9 Å². The number of hydrogen-bond donors (Lipinski definition) is 0. The number of fused-ring (bicyclic) bond motifs is 1. The third-order valence-electron chi connectivity index (χ3n) is 6.94. The van der Waals surface area contributed by atoms with E-state index in [-0.39, 0.29) is 30.9 Å². The number of esters is 2. The standard InChI is InChI=1S/C31H36N2O4S/c1-9-16-32(22(4)18-29(34)36-7)27-14-15-28(26-13-11-10-12-25(26)27)33(19-30(35)37-8)38-31-23(5)20(2)17-21(3)24(31)6/h1,10-15,17,22H,16,18-19H2,2-8H3. The van der Waals surface area contributed by atoms with Gasteiger partial charge in [-0.15, -0.1) is 6.42 Å². The molecule has 6 nitrogen and oxygen atoms in total. The number of benzene rings is 3. The number of anilines is 2. The number of carbonyl (C=O) groups excluding carboxylic acids is 2. The molecule has 0 saturated heterocycles. The van der Waals surface area contributed by atoms with Gasteiger partial charge in [-0.25, -0.2) is 0 Å². The van der Waals surface area contributed by atoms with Gasteiger partial charge in [0.05, 0.1) is 32.9 Å². The van der Waals surface area contributed by atoms with Crippen LogP contribution in [0.25, 0.3) is 10.8 Å². The smallest absolute Gasteiger partial charge is 0.326 e. The number of terminal acetylenes is 1. The highest BCUT2D eigenvalue weighted by Gasteiger charge is 2.24. The third kappa shape index (κ3) is 6.25. The summed E-state index contributed by atoms with van der Waals surface area (Å²) in [7, 11) is 2.79. The van der Waals surface area contributed by atoms with E-state index in [1.807, 2.05) is 52.5 Å². The summed E-state index contributed by atoms with van der Waals surface area (Å²) in [5, 5.41) is 1.94. The molecule has 0 heterocycles. The first-order chi connectivity index (χ1) is 18.1. The molecule has 1 unspecified atom stereocenters. The normalized spacial score (nSPS) is 11.5. The molecular weight excluding hydrogens is 496 g/mol. The quantitative estimate of drug-likeness (QED) is 0.176. The molecule has 0 aromatic heterocycles. The van der Waals surface area contributed by atoms with Gasteiger partial charge in [-0.05, 0) is 81.0 Å². The summed E-state index contributed by atoms with van der Waals surface area (Å²) in [5.74, 6) is 2.11. The first kappa shape index (κ1) is 28.9. The molecule has 0 radical (unpaired) electrons. The Morgan fingerprint density at radius 3 is 2.03 bits per heavy atom. The van der Waals surface area contributed by atoms with Gasteiger partial charge in [-0.2, -0.15) is 0 Å². The molecule has 0 saturated carbocycles. The van der Waals surface area contributed by atoms with Crippen LogP contribution in [0.1, 0.15) is 35.6 Å². The summed E-state index contributed by atoms with van der Waals surface area (Å²) >= 11 is 1.55. The lowest BCUT2D eigenvalue weighted by Gasteiger charge is -2.32. The van der Waals surface area contributed by atoms with Crippen molar-refractivity contribution in [3.05, 3.63) is 64.7 Å². The maximum Gasteiger partial charge on any atom is 0.326 e. The number of rotatable bonds is 10. The molecule has 3 aromatic rings. The third-order valence-corrected chi connectivity index (χ3v) is 8.28. The Morgan fingerprint density at radius 1 is 0.921 bits per heavy atom. The van der Waals surface area contributed by atoms with Crippen LogP contribution in [0, 0.1) is 40.0 Å². The molecule has 0 amide bonds. The van der Waals surface area contributed by atoms with Crippen molar-refractivity contribution in [2.75, 3.05) is 36.5 Å². The Balaban J connectivity index is 2.17. The fraction of sp³-hybridized carbons (Fsp3) is 0.355. The number of nitrogens with zero attached hydrogens (tertiary/aromatic N) is 2. The van der Waals surface area contributed by atoms with Crippen molar-refractivity contribution in [1.29, 1.82) is 0 Å². The number of methoxy groups -OCH3 is 2. The lowest BCUT2D eigenvalue weighted by molar-refractivity contribution is -0.141. The molecule has 0 N–H and O–H groups in total. The molecule has 200 valence electrons. The Morgan fingerprint density at radius 2 is 1.47 bits per heavy atom. The topological polar surface area (TPSA) is 59.1 Å². The fourth-order valence-electron chi connectivity index (χ4n) is 4.52. The van der Waals surface area contributed by atoms with Crippen molar-refractivity contribution in [2.24, 2.45) is 0 Å². The summed E-state index contributed by atoms with van der Waals surface area (Å²) in [4.78, 5) is 27.7. The molecule has 0 aliphatic carbocycles. The van der Waals surface area contributed by atoms with Crippen LogP contribution in [0.2, 0.25) is 0 Å². The Labute approximate surface area is 230 Å². The fourth-order valence-corrected chi connectivity index (χ4v) is 5.77. The maximum atomic E-state index is 12.6. The van der Waals surface area contributed by atoms with E-state index in [9.17, 15) is 9.59 Å². The lowest BCUT2D eigenvalue weighted by atomic mass is 10.0. The predicted molar refractivity (Wildman–Crippen MR) is 157 cm³/mol. The van der Waals surface area contributed by atoms with Gasteiger partial charge in [0.1, 0.15) is 6.54 Å². The minimum atomic E-state index is -0.328. The van der Waals surface area contributed by atoms with Gasteiger partial charge >= 0.3 is 11.9 Å². The van der Waals surface area contributed by atoms with E-state index in [1.54, 1.807) is 11.9 Å². The van der Waals surface area contributed by atoms with Crippen LogP contribution in [0.3, 0.4) is 0 Å². The van der Waals surface area contributed by atoms with Crippen LogP contribution in [-0.4, -0.2) is 45.3 Å². The Hall–Kier alpha value is -3.63. The minimum absolute atomic E-state index is 0.0726. The molecule has 3 aromatic carbocycles. The predicted octanol–water partition coefficient (Wildman–Crippen LogP) is 6.15. The van der Waals surface area contributed by atoms with Gasteiger partial charge < -0.3 is 18.7 Å². The molecule has 0 fully saturated rings. The molecule has 0 spiro atoms. The van der Waals surface area contributed by atoms with E-state index in [0.29, 0.717) is 6.54 Å². The van der Waals surface area contributed by atoms with Gasteiger partial charge in [0.25, 0.3) is 0 Å². The number of aryl methyl sites for hydroxylation is 2. The zero-order chi connectivity index (χ0) is 28.0. The summed E-state index contributed by atoms with van der Waals surface area (Å²) in [6.07, 6.45) is 5.94. The summed E-state index contributed by atoms with van der Waals surface area (Å²) in [5.41, 5.74) is 6.59. The van der Waals surface area contributed by atoms with Gasteiger partial charge in [-0.3, -0.25) is 9.59 Å². The molecular formula is C31H36N2O4S. The van der Waals surface area contributed by atoms with Gasteiger partial charge in [0.2, 0.25) is 0 Å². The van der Waals surface area contributed by atoms with Crippen LogP contribution in [0.15, 0.2) is 47.4 Å². The van der Waals surface area contributed by atoms with Crippen molar-refractivity contribution in [1.82, 2.24) is 0 Å². The SMILES string of the molecule is C#CCN(c1ccc(N(CC(=O)OC)Sc2c(C)c(C)cc(C)c2C)c2ccccc12)C(C)CC(=O)OC. The van der Waals surface area contributed by atoms with Crippen molar-refractivity contribution in [2.45, 2.75) is 52.0 Å². The van der Waals surface area contributed by atoms with Crippen molar-refractivity contribution >= 4 is 46.0 Å². The largest absolute Gasteiger partial charge is 0.469 e.